The summed E-state index contributed by atoms with van der Waals surface area (Å²) in [6.45, 7) is 0.514. The van der Waals surface area contributed by atoms with Crippen LogP contribution in [-0.2, 0) is 11.3 Å². The molecule has 0 bridgehead atoms. The zero-order valence-corrected chi connectivity index (χ0v) is 12.0. The van der Waals surface area contributed by atoms with Gasteiger partial charge >= 0.3 is 0 Å². The minimum Gasteiger partial charge on any atom is -0.380 e. The van der Waals surface area contributed by atoms with Crippen LogP contribution in [0.3, 0.4) is 0 Å². The number of carbonyl (C=O) groups is 1. The van der Waals surface area contributed by atoms with Crippen LogP contribution in [0.1, 0.15) is 16.1 Å². The molecule has 5 heteroatoms. The molecule has 0 aliphatic heterocycles. The van der Waals surface area contributed by atoms with Gasteiger partial charge in [0.05, 0.1) is 6.61 Å². The zero-order valence-electron chi connectivity index (χ0n) is 10.4. The van der Waals surface area contributed by atoms with E-state index in [0.717, 1.165) is 15.7 Å². The minimum atomic E-state index is -0.234. The molecular weight excluding hydrogens is 308 g/mol. The van der Waals surface area contributed by atoms with Gasteiger partial charge in [0.15, 0.2) is 0 Å². The number of amides is 1. The van der Waals surface area contributed by atoms with Crippen LogP contribution in [0, 0.1) is 0 Å². The first kappa shape index (κ1) is 13.7. The Labute approximate surface area is 119 Å². The van der Waals surface area contributed by atoms with Crippen LogP contribution in [0.5, 0.6) is 0 Å². The summed E-state index contributed by atoms with van der Waals surface area (Å²) in [5.74, 6) is -0.234. The molecule has 19 heavy (non-hydrogen) atoms. The Hall–Kier alpha value is -1.72. The highest BCUT2D eigenvalue weighted by molar-refractivity contribution is 9.10. The number of pyridine rings is 1. The Morgan fingerprint density at radius 3 is 2.89 bits per heavy atom. The molecule has 1 aromatic heterocycles. The maximum Gasteiger partial charge on any atom is 0.274 e. The van der Waals surface area contributed by atoms with Gasteiger partial charge in [-0.05, 0) is 45.8 Å². The van der Waals surface area contributed by atoms with Gasteiger partial charge in [-0.1, -0.05) is 12.1 Å². The van der Waals surface area contributed by atoms with Gasteiger partial charge in [0.2, 0.25) is 0 Å². The third-order valence-corrected chi connectivity index (χ3v) is 2.92. The standard InChI is InChI=1S/C14H13BrN2O2/c1-19-9-10-3-2-4-12(7-10)17-14(18)13-6-5-11(15)8-16-13/h2-8H,9H2,1H3,(H,17,18). The molecule has 98 valence electrons. The number of benzene rings is 1. The predicted molar refractivity (Wildman–Crippen MR) is 77.0 cm³/mol. The average molecular weight is 321 g/mol. The second kappa shape index (κ2) is 6.45. The highest BCUT2D eigenvalue weighted by Gasteiger charge is 2.07. The van der Waals surface area contributed by atoms with Crippen LogP contribution in [0.4, 0.5) is 5.69 Å². The molecule has 0 fully saturated rings. The molecule has 2 rings (SSSR count). The van der Waals surface area contributed by atoms with Crippen LogP contribution in [0.15, 0.2) is 47.1 Å². The average Bonchev–Trinajstić information content (AvgIpc) is 2.40. The minimum absolute atomic E-state index is 0.234. The van der Waals surface area contributed by atoms with E-state index in [1.165, 1.54) is 0 Å². The lowest BCUT2D eigenvalue weighted by molar-refractivity contribution is 0.102. The van der Waals surface area contributed by atoms with Crippen molar-refractivity contribution < 1.29 is 9.53 Å². The number of hydrogen-bond donors (Lipinski definition) is 1. The Morgan fingerprint density at radius 1 is 1.37 bits per heavy atom. The summed E-state index contributed by atoms with van der Waals surface area (Å²) in [5, 5.41) is 2.80. The third kappa shape index (κ3) is 3.87. The molecule has 0 saturated carbocycles. The fraction of sp³-hybridized carbons (Fsp3) is 0.143. The van der Waals surface area contributed by atoms with E-state index in [4.69, 9.17) is 4.74 Å². The van der Waals surface area contributed by atoms with Gasteiger partial charge in [0.25, 0.3) is 5.91 Å². The lowest BCUT2D eigenvalue weighted by atomic mass is 10.2. The maximum atomic E-state index is 12.0. The molecule has 0 spiro atoms. The van der Waals surface area contributed by atoms with Gasteiger partial charge in [0.1, 0.15) is 5.69 Å². The van der Waals surface area contributed by atoms with Gasteiger partial charge in [-0.3, -0.25) is 4.79 Å². The molecule has 0 aliphatic carbocycles. The van der Waals surface area contributed by atoms with E-state index in [-0.39, 0.29) is 5.91 Å². The van der Waals surface area contributed by atoms with Crippen molar-refractivity contribution in [3.63, 3.8) is 0 Å². The van der Waals surface area contributed by atoms with Crippen molar-refractivity contribution in [2.24, 2.45) is 0 Å². The van der Waals surface area contributed by atoms with Crippen LogP contribution < -0.4 is 5.32 Å². The van der Waals surface area contributed by atoms with E-state index in [9.17, 15) is 4.79 Å². The Balaban J connectivity index is 2.10. The van der Waals surface area contributed by atoms with Crippen LogP contribution >= 0.6 is 15.9 Å². The highest BCUT2D eigenvalue weighted by atomic mass is 79.9. The van der Waals surface area contributed by atoms with E-state index in [1.54, 1.807) is 25.4 Å². The SMILES string of the molecule is COCc1cccc(NC(=O)c2ccc(Br)cn2)c1. The molecule has 0 saturated heterocycles. The monoisotopic (exact) mass is 320 g/mol. The molecule has 1 amide bonds. The number of hydrogen-bond acceptors (Lipinski definition) is 3. The Morgan fingerprint density at radius 2 is 2.21 bits per heavy atom. The van der Waals surface area contributed by atoms with Crippen LogP contribution in [0.2, 0.25) is 0 Å². The van der Waals surface area contributed by atoms with Crippen molar-refractivity contribution in [1.82, 2.24) is 4.98 Å². The Kier molecular flexibility index (Phi) is 4.65. The van der Waals surface area contributed by atoms with E-state index in [1.807, 2.05) is 24.3 Å². The fourth-order valence-corrected chi connectivity index (χ4v) is 1.85. The van der Waals surface area contributed by atoms with Crippen molar-refractivity contribution >= 4 is 27.5 Å². The number of rotatable bonds is 4. The van der Waals surface area contributed by atoms with E-state index >= 15 is 0 Å². The first-order valence-corrected chi connectivity index (χ1v) is 6.49. The fourth-order valence-electron chi connectivity index (χ4n) is 1.61. The molecule has 2 aromatic rings. The van der Waals surface area contributed by atoms with Crippen molar-refractivity contribution in [1.29, 1.82) is 0 Å². The lowest BCUT2D eigenvalue weighted by Gasteiger charge is -2.06. The summed E-state index contributed by atoms with van der Waals surface area (Å²) in [7, 11) is 1.64. The smallest absolute Gasteiger partial charge is 0.274 e. The van der Waals surface area contributed by atoms with Gasteiger partial charge in [-0.25, -0.2) is 4.98 Å². The molecule has 4 nitrogen and oxygen atoms in total. The largest absolute Gasteiger partial charge is 0.380 e. The summed E-state index contributed by atoms with van der Waals surface area (Å²) in [6.07, 6.45) is 1.59. The van der Waals surface area contributed by atoms with Gasteiger partial charge in [0, 0.05) is 23.5 Å². The zero-order chi connectivity index (χ0) is 13.7. The summed E-state index contributed by atoms with van der Waals surface area (Å²) in [5.41, 5.74) is 2.11. The molecule has 0 radical (unpaired) electrons. The van der Waals surface area contributed by atoms with Crippen molar-refractivity contribution in [3.05, 3.63) is 58.3 Å². The van der Waals surface area contributed by atoms with Crippen LogP contribution in [0.25, 0.3) is 0 Å². The number of ether oxygens (including phenoxy) is 1. The molecule has 1 N–H and O–H groups in total. The number of methoxy groups -OCH3 is 1. The van der Waals surface area contributed by atoms with Gasteiger partial charge in [-0.15, -0.1) is 0 Å². The van der Waals surface area contributed by atoms with Crippen molar-refractivity contribution in [2.75, 3.05) is 12.4 Å². The third-order valence-electron chi connectivity index (χ3n) is 2.46. The molecular formula is C14H13BrN2O2. The summed E-state index contributed by atoms with van der Waals surface area (Å²) in [4.78, 5) is 16.0. The number of nitrogens with zero attached hydrogens (tertiary/aromatic N) is 1. The second-order valence-electron chi connectivity index (χ2n) is 3.95. The van der Waals surface area contributed by atoms with E-state index in [2.05, 4.69) is 26.2 Å². The summed E-state index contributed by atoms with van der Waals surface area (Å²) in [6, 6.07) is 11.0. The first-order chi connectivity index (χ1) is 9.19. The Bertz CT molecular complexity index is 570. The molecule has 1 heterocycles. The second-order valence-corrected chi connectivity index (χ2v) is 4.86. The number of anilines is 1. The van der Waals surface area contributed by atoms with E-state index < -0.39 is 0 Å². The van der Waals surface area contributed by atoms with Crippen molar-refractivity contribution in [2.45, 2.75) is 6.61 Å². The molecule has 0 unspecified atom stereocenters. The molecule has 1 aromatic carbocycles. The number of aromatic nitrogens is 1. The molecule has 0 atom stereocenters. The molecule has 0 aliphatic rings. The lowest BCUT2D eigenvalue weighted by Crippen LogP contribution is -2.13. The normalized spacial score (nSPS) is 10.2. The van der Waals surface area contributed by atoms with Gasteiger partial charge < -0.3 is 10.1 Å². The highest BCUT2D eigenvalue weighted by Crippen LogP contribution is 2.13. The number of nitrogens with one attached hydrogen (secondary N) is 1. The van der Waals surface area contributed by atoms with Gasteiger partial charge in [-0.2, -0.15) is 0 Å². The number of halogens is 1. The van der Waals surface area contributed by atoms with E-state index in [0.29, 0.717) is 12.3 Å². The topological polar surface area (TPSA) is 51.2 Å². The maximum absolute atomic E-state index is 12.0. The quantitative estimate of drug-likeness (QED) is 0.940. The predicted octanol–water partition coefficient (Wildman–Crippen LogP) is 3.24. The summed E-state index contributed by atoms with van der Waals surface area (Å²) >= 11 is 3.28. The van der Waals surface area contributed by atoms with Crippen molar-refractivity contribution in [3.8, 4) is 0 Å². The summed E-state index contributed by atoms with van der Waals surface area (Å²) < 4.78 is 5.89. The van der Waals surface area contributed by atoms with Crippen LogP contribution in [-0.4, -0.2) is 18.0 Å². The first-order valence-electron chi connectivity index (χ1n) is 5.70. The number of carbonyl (C=O) groups excluding carboxylic acids is 1.